The normalized spacial score (nSPS) is 20.2. The van der Waals surface area contributed by atoms with Gasteiger partial charge in [0.05, 0.1) is 4.92 Å². The van der Waals surface area contributed by atoms with Gasteiger partial charge in [-0.05, 0) is 31.0 Å². The van der Waals surface area contributed by atoms with Crippen LogP contribution in [0.5, 0.6) is 0 Å². The summed E-state index contributed by atoms with van der Waals surface area (Å²) in [6.07, 6.45) is 0.957. The number of hydrogen-bond acceptors (Lipinski definition) is 4. The fourth-order valence-corrected chi connectivity index (χ4v) is 2.71. The first-order chi connectivity index (χ1) is 8.60. The summed E-state index contributed by atoms with van der Waals surface area (Å²) in [5, 5.41) is 20.1. The average Bonchev–Trinajstić information content (AvgIpc) is 2.76. The van der Waals surface area contributed by atoms with Gasteiger partial charge >= 0.3 is 0 Å². The third-order valence-corrected chi connectivity index (χ3v) is 3.75. The van der Waals surface area contributed by atoms with E-state index in [4.69, 9.17) is 5.11 Å². The Kier molecular flexibility index (Phi) is 4.31. The van der Waals surface area contributed by atoms with Crippen LogP contribution < -0.4 is 0 Å². The van der Waals surface area contributed by atoms with Crippen molar-refractivity contribution in [2.75, 3.05) is 19.7 Å². The van der Waals surface area contributed by atoms with Crippen molar-refractivity contribution < 1.29 is 10.0 Å². The second-order valence-corrected chi connectivity index (χ2v) is 5.52. The van der Waals surface area contributed by atoms with Crippen LogP contribution >= 0.6 is 15.9 Å². The molecule has 1 heterocycles. The highest BCUT2D eigenvalue weighted by molar-refractivity contribution is 9.10. The lowest BCUT2D eigenvalue weighted by molar-refractivity contribution is -0.385. The van der Waals surface area contributed by atoms with Gasteiger partial charge in [-0.15, -0.1) is 0 Å². The van der Waals surface area contributed by atoms with E-state index in [1.165, 1.54) is 6.07 Å². The van der Waals surface area contributed by atoms with Crippen LogP contribution in [-0.2, 0) is 6.54 Å². The van der Waals surface area contributed by atoms with Crippen molar-refractivity contribution in [1.29, 1.82) is 0 Å². The summed E-state index contributed by atoms with van der Waals surface area (Å²) in [4.78, 5) is 12.8. The molecule has 0 bridgehead atoms. The Labute approximate surface area is 114 Å². The van der Waals surface area contributed by atoms with Crippen LogP contribution in [0.25, 0.3) is 0 Å². The number of rotatable bonds is 4. The van der Waals surface area contributed by atoms with Crippen molar-refractivity contribution in [2.45, 2.75) is 13.0 Å². The summed E-state index contributed by atoms with van der Waals surface area (Å²) >= 11 is 3.34. The number of nitro benzene ring substituents is 1. The highest BCUT2D eigenvalue weighted by Crippen LogP contribution is 2.26. The first kappa shape index (κ1) is 13.5. The summed E-state index contributed by atoms with van der Waals surface area (Å²) in [6, 6.07) is 5.01. The molecule has 2 rings (SSSR count). The van der Waals surface area contributed by atoms with Gasteiger partial charge in [-0.3, -0.25) is 15.0 Å². The molecule has 1 saturated heterocycles. The van der Waals surface area contributed by atoms with Crippen LogP contribution in [0, 0.1) is 16.0 Å². The number of halogens is 1. The molecule has 1 aliphatic rings. The van der Waals surface area contributed by atoms with E-state index in [0.717, 1.165) is 24.0 Å². The van der Waals surface area contributed by atoms with E-state index in [1.807, 2.05) is 0 Å². The predicted octanol–water partition coefficient (Wildman–Crippen LogP) is 2.17. The summed E-state index contributed by atoms with van der Waals surface area (Å²) in [7, 11) is 0. The fraction of sp³-hybridized carbons (Fsp3) is 0.500. The van der Waals surface area contributed by atoms with Gasteiger partial charge in [0, 0.05) is 35.8 Å². The summed E-state index contributed by atoms with van der Waals surface area (Å²) in [5.41, 5.74) is 0.874. The molecule has 1 unspecified atom stereocenters. The van der Waals surface area contributed by atoms with E-state index in [0.29, 0.717) is 18.0 Å². The number of aliphatic hydroxyl groups excluding tert-OH is 1. The molecule has 18 heavy (non-hydrogen) atoms. The molecule has 0 aromatic heterocycles. The molecule has 98 valence electrons. The van der Waals surface area contributed by atoms with E-state index in [-0.39, 0.29) is 17.2 Å². The topological polar surface area (TPSA) is 66.6 Å². The Morgan fingerprint density at radius 1 is 1.56 bits per heavy atom. The number of aliphatic hydroxyl groups is 1. The second kappa shape index (κ2) is 5.77. The number of benzene rings is 1. The third kappa shape index (κ3) is 3.07. The Balaban J connectivity index is 2.13. The summed E-state index contributed by atoms with van der Waals surface area (Å²) in [6.45, 7) is 2.44. The molecular weight excluding hydrogens is 300 g/mol. The number of nitro groups is 1. The smallest absolute Gasteiger partial charge is 0.273 e. The minimum Gasteiger partial charge on any atom is -0.396 e. The summed E-state index contributed by atoms with van der Waals surface area (Å²) in [5.74, 6) is 0.302. The van der Waals surface area contributed by atoms with Crippen LogP contribution in [0.15, 0.2) is 22.7 Å². The van der Waals surface area contributed by atoms with Gasteiger partial charge in [0.15, 0.2) is 0 Å². The zero-order chi connectivity index (χ0) is 13.1. The van der Waals surface area contributed by atoms with Crippen molar-refractivity contribution in [1.82, 2.24) is 4.90 Å². The Morgan fingerprint density at radius 3 is 2.94 bits per heavy atom. The van der Waals surface area contributed by atoms with Gasteiger partial charge in [0.1, 0.15) is 0 Å². The molecule has 1 aromatic carbocycles. The SMILES string of the molecule is O=[N+]([O-])c1ccc(Br)cc1CN1CCC(CO)C1. The Morgan fingerprint density at radius 2 is 2.33 bits per heavy atom. The minimum atomic E-state index is -0.346. The van der Waals surface area contributed by atoms with Crippen LogP contribution in [0.2, 0.25) is 0 Å². The van der Waals surface area contributed by atoms with Gasteiger partial charge in [-0.25, -0.2) is 0 Å². The quantitative estimate of drug-likeness (QED) is 0.683. The molecule has 1 N–H and O–H groups in total. The average molecular weight is 315 g/mol. The van der Waals surface area contributed by atoms with Crippen LogP contribution in [0.3, 0.4) is 0 Å². The van der Waals surface area contributed by atoms with Crippen molar-refractivity contribution in [3.05, 3.63) is 38.3 Å². The lowest BCUT2D eigenvalue weighted by Crippen LogP contribution is -2.21. The van der Waals surface area contributed by atoms with E-state index >= 15 is 0 Å². The van der Waals surface area contributed by atoms with Crippen LogP contribution in [0.4, 0.5) is 5.69 Å². The Hall–Kier alpha value is -0.980. The first-order valence-corrected chi connectivity index (χ1v) is 6.65. The molecular formula is C12H15BrN2O3. The number of nitrogens with zero attached hydrogens (tertiary/aromatic N) is 2. The zero-order valence-corrected chi connectivity index (χ0v) is 11.5. The Bertz CT molecular complexity index is 453. The van der Waals surface area contributed by atoms with Crippen molar-refractivity contribution in [3.8, 4) is 0 Å². The zero-order valence-electron chi connectivity index (χ0n) is 9.88. The van der Waals surface area contributed by atoms with Gasteiger partial charge < -0.3 is 5.11 Å². The molecule has 0 spiro atoms. The number of likely N-dealkylation sites (tertiary alicyclic amines) is 1. The molecule has 1 atom stereocenters. The fourth-order valence-electron chi connectivity index (χ4n) is 2.31. The molecule has 1 fully saturated rings. The standard InChI is InChI=1S/C12H15BrN2O3/c13-11-1-2-12(15(17)18)10(5-11)7-14-4-3-9(6-14)8-16/h1-2,5,9,16H,3-4,6-8H2. The molecule has 0 saturated carbocycles. The van der Waals surface area contributed by atoms with E-state index in [9.17, 15) is 10.1 Å². The highest BCUT2D eigenvalue weighted by atomic mass is 79.9. The van der Waals surface area contributed by atoms with Gasteiger partial charge in [-0.1, -0.05) is 15.9 Å². The number of hydrogen-bond donors (Lipinski definition) is 1. The molecule has 0 amide bonds. The van der Waals surface area contributed by atoms with E-state index < -0.39 is 0 Å². The van der Waals surface area contributed by atoms with Gasteiger partial charge in [0.25, 0.3) is 5.69 Å². The molecule has 1 aromatic rings. The maximum Gasteiger partial charge on any atom is 0.273 e. The van der Waals surface area contributed by atoms with Gasteiger partial charge in [-0.2, -0.15) is 0 Å². The molecule has 0 aliphatic carbocycles. The van der Waals surface area contributed by atoms with Crippen molar-refractivity contribution >= 4 is 21.6 Å². The molecule has 0 radical (unpaired) electrons. The summed E-state index contributed by atoms with van der Waals surface area (Å²) < 4.78 is 0.848. The lowest BCUT2D eigenvalue weighted by Gasteiger charge is -2.15. The lowest BCUT2D eigenvalue weighted by atomic mass is 10.1. The highest BCUT2D eigenvalue weighted by Gasteiger charge is 2.24. The first-order valence-electron chi connectivity index (χ1n) is 5.86. The van der Waals surface area contributed by atoms with Crippen molar-refractivity contribution in [3.63, 3.8) is 0 Å². The van der Waals surface area contributed by atoms with Gasteiger partial charge in [0.2, 0.25) is 0 Å². The second-order valence-electron chi connectivity index (χ2n) is 4.60. The van der Waals surface area contributed by atoms with E-state index in [1.54, 1.807) is 12.1 Å². The maximum atomic E-state index is 11.0. The van der Waals surface area contributed by atoms with E-state index in [2.05, 4.69) is 20.8 Å². The largest absolute Gasteiger partial charge is 0.396 e. The van der Waals surface area contributed by atoms with Crippen LogP contribution in [0.1, 0.15) is 12.0 Å². The minimum absolute atomic E-state index is 0.158. The molecule has 6 heteroatoms. The van der Waals surface area contributed by atoms with Crippen molar-refractivity contribution in [2.24, 2.45) is 5.92 Å². The third-order valence-electron chi connectivity index (χ3n) is 3.26. The molecule has 5 nitrogen and oxygen atoms in total. The maximum absolute atomic E-state index is 11.0. The van der Waals surface area contributed by atoms with Crippen LogP contribution in [-0.4, -0.2) is 34.6 Å². The molecule has 1 aliphatic heterocycles. The monoisotopic (exact) mass is 314 g/mol. The predicted molar refractivity (Wildman–Crippen MR) is 71.3 cm³/mol.